The van der Waals surface area contributed by atoms with Crippen LogP contribution in [0.5, 0.6) is 5.75 Å². The highest BCUT2D eigenvalue weighted by Crippen LogP contribution is 2.51. The molecule has 2 unspecified atom stereocenters. The molecule has 0 spiro atoms. The predicted octanol–water partition coefficient (Wildman–Crippen LogP) is 4.95. The number of benzene rings is 2. The first kappa shape index (κ1) is 24.9. The number of nitrogens with one attached hydrogen (secondary N) is 1. The molecule has 1 heterocycles. The third-order valence-electron chi connectivity index (χ3n) is 7.75. The van der Waals surface area contributed by atoms with E-state index < -0.39 is 5.97 Å². The van der Waals surface area contributed by atoms with Crippen LogP contribution >= 0.6 is 0 Å². The Hall–Kier alpha value is -3.78. The third-order valence-corrected chi connectivity index (χ3v) is 7.75. The molecule has 2 saturated carbocycles. The normalized spacial score (nSPS) is 20.9. The van der Waals surface area contributed by atoms with Crippen molar-refractivity contribution in [1.82, 2.24) is 15.2 Å². The fraction of sp³-hybridized carbons (Fsp3) is 0.379. The monoisotopic (exact) mass is 501 g/mol. The van der Waals surface area contributed by atoms with E-state index in [9.17, 15) is 9.90 Å². The summed E-state index contributed by atoms with van der Waals surface area (Å²) in [5.74, 6) is 5.83. The molecule has 1 aromatic heterocycles. The van der Waals surface area contributed by atoms with Crippen molar-refractivity contribution in [1.29, 1.82) is 0 Å². The number of aromatic nitrogens is 2. The van der Waals surface area contributed by atoms with Gasteiger partial charge in [-0.25, -0.2) is 9.48 Å². The Balaban J connectivity index is 1.42. The molecule has 0 bridgehead atoms. The molecule has 0 saturated heterocycles. The summed E-state index contributed by atoms with van der Waals surface area (Å²) >= 11 is 0. The van der Waals surface area contributed by atoms with Gasteiger partial charge in [0.2, 0.25) is 0 Å². The van der Waals surface area contributed by atoms with E-state index in [1.165, 1.54) is 38.3 Å². The van der Waals surface area contributed by atoms with Gasteiger partial charge in [0.1, 0.15) is 11.3 Å². The second-order valence-electron chi connectivity index (χ2n) is 10.2. The molecular formula is C29H35N5O3. The summed E-state index contributed by atoms with van der Waals surface area (Å²) in [5, 5.41) is 14.3. The number of nitrogens with two attached hydrogens (primary N) is 2. The van der Waals surface area contributed by atoms with Crippen LogP contribution < -0.4 is 21.7 Å². The van der Waals surface area contributed by atoms with Crippen LogP contribution in [0.25, 0.3) is 16.8 Å². The molecule has 194 valence electrons. The van der Waals surface area contributed by atoms with Crippen LogP contribution in [0.15, 0.2) is 66.6 Å². The molecule has 0 radical (unpaired) electrons. The zero-order chi connectivity index (χ0) is 25.9. The van der Waals surface area contributed by atoms with E-state index in [1.54, 1.807) is 10.9 Å². The average Bonchev–Trinajstić information content (AvgIpc) is 3.59. The fourth-order valence-electron chi connectivity index (χ4n) is 5.63. The van der Waals surface area contributed by atoms with Gasteiger partial charge >= 0.3 is 5.97 Å². The standard InChI is InChI=1S/C29H35N5O3/c1-18(19-7-3-2-4-8-19)37-23-12-6-10-21(14-23)20-9-5-11-22(13-20)34-28(26(16-33-34)29(35)36)25-15-24(25)27(30)17-32-31/h5-6,9-14,16-19,24-25,32H,2-4,7-8,15,30-31H2,1H3,(H,35,36)/b27-17-/t18?,24-,25?/m0/s1. The molecule has 8 nitrogen and oxygen atoms in total. The summed E-state index contributed by atoms with van der Waals surface area (Å²) < 4.78 is 8.09. The highest BCUT2D eigenvalue weighted by molar-refractivity contribution is 5.89. The summed E-state index contributed by atoms with van der Waals surface area (Å²) in [6.45, 7) is 2.18. The van der Waals surface area contributed by atoms with Gasteiger partial charge < -0.3 is 21.0 Å². The third kappa shape index (κ3) is 5.34. The molecule has 0 aliphatic heterocycles. The van der Waals surface area contributed by atoms with Gasteiger partial charge in [0.25, 0.3) is 0 Å². The van der Waals surface area contributed by atoms with Crippen LogP contribution in [0.3, 0.4) is 0 Å². The van der Waals surface area contributed by atoms with E-state index in [0.717, 1.165) is 29.0 Å². The van der Waals surface area contributed by atoms with E-state index in [0.29, 0.717) is 17.3 Å². The van der Waals surface area contributed by atoms with Crippen LogP contribution in [-0.4, -0.2) is 27.0 Å². The fourth-order valence-corrected chi connectivity index (χ4v) is 5.63. The topological polar surface area (TPSA) is 128 Å². The number of ether oxygens (including phenoxy) is 1. The highest BCUT2D eigenvalue weighted by Gasteiger charge is 2.45. The van der Waals surface area contributed by atoms with Gasteiger partial charge in [-0.15, -0.1) is 0 Å². The Morgan fingerprint density at radius 2 is 1.89 bits per heavy atom. The number of hydrazine groups is 1. The lowest BCUT2D eigenvalue weighted by Crippen LogP contribution is -2.25. The second-order valence-corrected chi connectivity index (χ2v) is 10.2. The quantitative estimate of drug-likeness (QED) is 0.241. The molecule has 3 aromatic rings. The van der Waals surface area contributed by atoms with Gasteiger partial charge in [-0.2, -0.15) is 5.10 Å². The minimum atomic E-state index is -1.00. The summed E-state index contributed by atoms with van der Waals surface area (Å²) in [6, 6.07) is 16.1. The summed E-state index contributed by atoms with van der Waals surface area (Å²) in [6.07, 6.45) is 10.3. The van der Waals surface area contributed by atoms with E-state index in [4.69, 9.17) is 16.3 Å². The molecule has 8 heteroatoms. The lowest BCUT2D eigenvalue weighted by molar-refractivity contribution is 0.0695. The molecule has 2 fully saturated rings. The lowest BCUT2D eigenvalue weighted by Gasteiger charge is -2.28. The molecule has 2 aliphatic carbocycles. The van der Waals surface area contributed by atoms with Gasteiger partial charge in [0.05, 0.1) is 23.7 Å². The van der Waals surface area contributed by atoms with Crippen LogP contribution in [0.2, 0.25) is 0 Å². The number of carbonyl (C=O) groups is 1. The predicted molar refractivity (Wildman–Crippen MR) is 143 cm³/mol. The van der Waals surface area contributed by atoms with E-state index >= 15 is 0 Å². The van der Waals surface area contributed by atoms with Crippen LogP contribution in [0, 0.1) is 11.8 Å². The van der Waals surface area contributed by atoms with Crippen LogP contribution in [-0.2, 0) is 0 Å². The Morgan fingerprint density at radius 1 is 1.16 bits per heavy atom. The molecule has 0 amide bonds. The Bertz CT molecular complexity index is 1290. The zero-order valence-electron chi connectivity index (χ0n) is 21.1. The van der Waals surface area contributed by atoms with E-state index in [-0.39, 0.29) is 23.5 Å². The number of rotatable bonds is 9. The maximum atomic E-state index is 12.0. The number of carboxylic acid groups (broad SMARTS) is 1. The first-order chi connectivity index (χ1) is 18.0. The van der Waals surface area contributed by atoms with Crippen molar-refractivity contribution >= 4 is 5.97 Å². The molecular weight excluding hydrogens is 466 g/mol. The molecule has 6 N–H and O–H groups in total. The van der Waals surface area contributed by atoms with Crippen molar-refractivity contribution in [3.8, 4) is 22.6 Å². The number of hydrogen-bond donors (Lipinski definition) is 4. The molecule has 37 heavy (non-hydrogen) atoms. The van der Waals surface area contributed by atoms with Crippen molar-refractivity contribution < 1.29 is 14.6 Å². The van der Waals surface area contributed by atoms with Crippen molar-refractivity contribution in [2.45, 2.75) is 57.5 Å². The van der Waals surface area contributed by atoms with E-state index in [2.05, 4.69) is 29.6 Å². The van der Waals surface area contributed by atoms with E-state index in [1.807, 2.05) is 36.4 Å². The number of nitrogens with zero attached hydrogens (tertiary/aromatic N) is 2. The maximum Gasteiger partial charge on any atom is 0.339 e. The molecule has 3 atom stereocenters. The Labute approximate surface area is 217 Å². The first-order valence-corrected chi connectivity index (χ1v) is 13.1. The van der Waals surface area contributed by atoms with Crippen LogP contribution in [0.4, 0.5) is 0 Å². The first-order valence-electron chi connectivity index (χ1n) is 13.1. The second kappa shape index (κ2) is 10.7. The number of aromatic carboxylic acids is 1. The SMILES string of the molecule is CC(Oc1cccc(-c2cccc(-n3ncc(C(=O)O)c3C3C[C@@H]3/C(N)=C/NN)c2)c1)C1CCCCC1. The zero-order valence-corrected chi connectivity index (χ0v) is 21.1. The van der Waals surface area contributed by atoms with Gasteiger partial charge in [0.15, 0.2) is 0 Å². The van der Waals surface area contributed by atoms with Crippen molar-refractivity contribution in [3.05, 3.63) is 77.9 Å². The average molecular weight is 502 g/mol. The highest BCUT2D eigenvalue weighted by atomic mass is 16.5. The minimum Gasteiger partial charge on any atom is -0.490 e. The molecule has 2 aliphatic rings. The minimum absolute atomic E-state index is 0.0211. The number of carboxylic acids is 1. The van der Waals surface area contributed by atoms with Gasteiger partial charge in [0, 0.05) is 23.7 Å². The van der Waals surface area contributed by atoms with Gasteiger partial charge in [-0.05, 0) is 67.5 Å². The van der Waals surface area contributed by atoms with Crippen LogP contribution in [0.1, 0.15) is 67.4 Å². The summed E-state index contributed by atoms with van der Waals surface area (Å²) in [7, 11) is 0. The lowest BCUT2D eigenvalue weighted by atomic mass is 9.86. The van der Waals surface area contributed by atoms with Gasteiger partial charge in [-0.1, -0.05) is 43.5 Å². The van der Waals surface area contributed by atoms with Gasteiger partial charge in [-0.3, -0.25) is 5.84 Å². The smallest absolute Gasteiger partial charge is 0.339 e. The summed E-state index contributed by atoms with van der Waals surface area (Å²) in [4.78, 5) is 12.0. The number of hydrogen-bond acceptors (Lipinski definition) is 6. The Kier molecular flexibility index (Phi) is 7.19. The Morgan fingerprint density at radius 3 is 2.62 bits per heavy atom. The van der Waals surface area contributed by atoms with Crippen molar-refractivity contribution in [2.24, 2.45) is 23.4 Å². The largest absolute Gasteiger partial charge is 0.490 e. The molecule has 2 aromatic carbocycles. The van der Waals surface area contributed by atoms with Crippen molar-refractivity contribution in [2.75, 3.05) is 0 Å². The summed E-state index contributed by atoms with van der Waals surface area (Å²) in [5.41, 5.74) is 12.9. The number of allylic oxidation sites excluding steroid dienone is 1. The molecule has 5 rings (SSSR count). The maximum absolute atomic E-state index is 12.0. The van der Waals surface area contributed by atoms with Crippen molar-refractivity contribution in [3.63, 3.8) is 0 Å².